The van der Waals surface area contributed by atoms with E-state index in [2.05, 4.69) is 31.3 Å². The zero-order valence-electron chi connectivity index (χ0n) is 7.77. The van der Waals surface area contributed by atoms with Gasteiger partial charge in [-0.15, -0.1) is 11.3 Å². The molecule has 15 heavy (non-hydrogen) atoms. The molecule has 0 unspecified atom stereocenters. The van der Waals surface area contributed by atoms with Gasteiger partial charge >= 0.3 is 0 Å². The van der Waals surface area contributed by atoms with Crippen molar-refractivity contribution in [2.24, 2.45) is 7.05 Å². The summed E-state index contributed by atoms with van der Waals surface area (Å²) in [6, 6.07) is 1.72. The smallest absolute Gasteiger partial charge is 0.277 e. The zero-order valence-corrected chi connectivity index (χ0v) is 10.2. The summed E-state index contributed by atoms with van der Waals surface area (Å²) in [5, 5.41) is 6.68. The van der Waals surface area contributed by atoms with Crippen LogP contribution < -0.4 is 5.32 Å². The molecule has 2 aromatic rings. The molecule has 2 heterocycles. The molecule has 0 spiro atoms. The summed E-state index contributed by atoms with van der Waals surface area (Å²) in [7, 11) is 1.79. The first kappa shape index (κ1) is 10.3. The Labute approximate surface area is 98.3 Å². The van der Waals surface area contributed by atoms with E-state index in [-0.39, 0.29) is 5.91 Å². The van der Waals surface area contributed by atoms with Crippen LogP contribution in [-0.2, 0) is 7.05 Å². The van der Waals surface area contributed by atoms with Gasteiger partial charge in [-0.1, -0.05) is 0 Å². The standard InChI is InChI=1S/C8H7BrN4OS/c1-13-3-2-5(12-13)11-8(14)6-7(9)15-4-10-6/h2-4H,1H3,(H,11,12,14). The fourth-order valence-electron chi connectivity index (χ4n) is 1.04. The zero-order chi connectivity index (χ0) is 10.8. The highest BCUT2D eigenvalue weighted by molar-refractivity contribution is 9.11. The Kier molecular flexibility index (Phi) is 2.83. The van der Waals surface area contributed by atoms with Gasteiger partial charge in [0.2, 0.25) is 0 Å². The van der Waals surface area contributed by atoms with Crippen LogP contribution in [0.4, 0.5) is 5.82 Å². The lowest BCUT2D eigenvalue weighted by Gasteiger charge is -1.98. The molecule has 7 heteroatoms. The Morgan fingerprint density at radius 3 is 3.00 bits per heavy atom. The fourth-order valence-corrected chi connectivity index (χ4v) is 2.08. The first-order chi connectivity index (χ1) is 7.16. The van der Waals surface area contributed by atoms with Gasteiger partial charge in [-0.05, 0) is 15.9 Å². The molecule has 0 aromatic carbocycles. The monoisotopic (exact) mass is 286 g/mol. The third-order valence-electron chi connectivity index (χ3n) is 1.69. The first-order valence-electron chi connectivity index (χ1n) is 4.07. The highest BCUT2D eigenvalue weighted by Crippen LogP contribution is 2.21. The third kappa shape index (κ3) is 2.24. The van der Waals surface area contributed by atoms with Gasteiger partial charge in [-0.3, -0.25) is 9.48 Å². The van der Waals surface area contributed by atoms with Crippen molar-refractivity contribution in [1.29, 1.82) is 0 Å². The minimum Gasteiger partial charge on any atom is -0.304 e. The Hall–Kier alpha value is -1.21. The Bertz CT molecular complexity index is 492. The van der Waals surface area contributed by atoms with Gasteiger partial charge in [-0.25, -0.2) is 4.98 Å². The summed E-state index contributed by atoms with van der Waals surface area (Å²) in [4.78, 5) is 15.6. The number of hydrogen-bond acceptors (Lipinski definition) is 4. The Morgan fingerprint density at radius 2 is 2.47 bits per heavy atom. The van der Waals surface area contributed by atoms with E-state index in [4.69, 9.17) is 0 Å². The predicted octanol–water partition coefficient (Wildman–Crippen LogP) is 1.89. The van der Waals surface area contributed by atoms with Crippen LogP contribution in [0.3, 0.4) is 0 Å². The summed E-state index contributed by atoms with van der Waals surface area (Å²) >= 11 is 4.62. The van der Waals surface area contributed by atoms with Gasteiger partial charge < -0.3 is 5.32 Å². The molecule has 0 aliphatic heterocycles. The van der Waals surface area contributed by atoms with Crippen LogP contribution in [0, 0.1) is 0 Å². The normalized spacial score (nSPS) is 10.3. The molecule has 0 saturated heterocycles. The minimum absolute atomic E-state index is 0.262. The number of nitrogens with zero attached hydrogens (tertiary/aromatic N) is 3. The molecule has 0 saturated carbocycles. The van der Waals surface area contributed by atoms with Crippen molar-refractivity contribution < 1.29 is 4.79 Å². The van der Waals surface area contributed by atoms with E-state index in [0.29, 0.717) is 11.5 Å². The number of nitrogens with one attached hydrogen (secondary N) is 1. The molecule has 0 radical (unpaired) electrons. The number of aryl methyl sites for hydroxylation is 1. The van der Waals surface area contributed by atoms with E-state index >= 15 is 0 Å². The second-order valence-electron chi connectivity index (χ2n) is 2.80. The Morgan fingerprint density at radius 1 is 1.67 bits per heavy atom. The second-order valence-corrected chi connectivity index (χ2v) is 4.98. The lowest BCUT2D eigenvalue weighted by molar-refractivity contribution is 0.102. The minimum atomic E-state index is -0.262. The van der Waals surface area contributed by atoms with Crippen molar-refractivity contribution in [2.45, 2.75) is 0 Å². The van der Waals surface area contributed by atoms with Crippen LogP contribution in [-0.4, -0.2) is 20.7 Å². The van der Waals surface area contributed by atoms with Gasteiger partial charge in [0, 0.05) is 19.3 Å². The molecule has 0 fully saturated rings. The summed E-state index contributed by atoms with van der Waals surface area (Å²) in [6.45, 7) is 0. The van der Waals surface area contributed by atoms with Gasteiger partial charge in [-0.2, -0.15) is 5.10 Å². The largest absolute Gasteiger partial charge is 0.304 e. The molecule has 0 bridgehead atoms. The van der Waals surface area contributed by atoms with Gasteiger partial charge in [0.05, 0.1) is 5.51 Å². The number of hydrogen-bond donors (Lipinski definition) is 1. The van der Waals surface area contributed by atoms with Gasteiger partial charge in [0.25, 0.3) is 5.91 Å². The van der Waals surface area contributed by atoms with Crippen molar-refractivity contribution in [1.82, 2.24) is 14.8 Å². The summed E-state index contributed by atoms with van der Waals surface area (Å²) in [5.41, 5.74) is 1.99. The second kappa shape index (κ2) is 4.11. The Balaban J connectivity index is 2.14. The molecule has 0 atom stereocenters. The lowest BCUT2D eigenvalue weighted by Crippen LogP contribution is -2.13. The van der Waals surface area contributed by atoms with Gasteiger partial charge in [0.15, 0.2) is 11.5 Å². The molecule has 5 nitrogen and oxygen atoms in total. The van der Waals surface area contributed by atoms with Crippen LogP contribution >= 0.6 is 27.3 Å². The van der Waals surface area contributed by atoms with E-state index in [1.807, 2.05) is 0 Å². The number of aromatic nitrogens is 3. The van der Waals surface area contributed by atoms with Crippen LogP contribution in [0.15, 0.2) is 21.6 Å². The van der Waals surface area contributed by atoms with Gasteiger partial charge in [0.1, 0.15) is 3.79 Å². The van der Waals surface area contributed by atoms with Crippen molar-refractivity contribution in [3.05, 3.63) is 27.3 Å². The van der Waals surface area contributed by atoms with Crippen molar-refractivity contribution in [3.63, 3.8) is 0 Å². The number of carbonyl (C=O) groups excluding carboxylic acids is 1. The van der Waals surface area contributed by atoms with Crippen LogP contribution in [0.2, 0.25) is 0 Å². The topological polar surface area (TPSA) is 59.8 Å². The first-order valence-corrected chi connectivity index (χ1v) is 5.74. The molecular weight excluding hydrogens is 280 g/mol. The van der Waals surface area contributed by atoms with Crippen molar-refractivity contribution >= 4 is 39.0 Å². The lowest BCUT2D eigenvalue weighted by atomic mass is 10.4. The van der Waals surface area contributed by atoms with E-state index in [0.717, 1.165) is 3.79 Å². The molecule has 0 aliphatic rings. The summed E-state index contributed by atoms with van der Waals surface area (Å²) < 4.78 is 2.34. The van der Waals surface area contributed by atoms with Crippen LogP contribution in [0.5, 0.6) is 0 Å². The number of halogens is 1. The van der Waals surface area contributed by atoms with Crippen LogP contribution in [0.25, 0.3) is 0 Å². The SMILES string of the molecule is Cn1ccc(NC(=O)c2ncsc2Br)n1. The maximum absolute atomic E-state index is 11.7. The van der Waals surface area contributed by atoms with E-state index in [1.165, 1.54) is 11.3 Å². The molecular formula is C8H7BrN4OS. The molecule has 2 rings (SSSR count). The van der Waals surface area contributed by atoms with E-state index < -0.39 is 0 Å². The molecule has 78 valence electrons. The highest BCUT2D eigenvalue weighted by atomic mass is 79.9. The van der Waals surface area contributed by atoms with E-state index in [9.17, 15) is 4.79 Å². The number of carbonyl (C=O) groups is 1. The average molecular weight is 287 g/mol. The quantitative estimate of drug-likeness (QED) is 0.917. The van der Waals surface area contributed by atoms with Crippen molar-refractivity contribution in [2.75, 3.05) is 5.32 Å². The van der Waals surface area contributed by atoms with E-state index in [1.54, 1.807) is 29.5 Å². The third-order valence-corrected chi connectivity index (χ3v) is 3.24. The van der Waals surface area contributed by atoms with Crippen molar-refractivity contribution in [3.8, 4) is 0 Å². The summed E-state index contributed by atoms with van der Waals surface area (Å²) in [5.74, 6) is 0.254. The number of amides is 1. The molecule has 2 aromatic heterocycles. The molecule has 1 amide bonds. The number of anilines is 1. The van der Waals surface area contributed by atoms with Crippen LogP contribution in [0.1, 0.15) is 10.5 Å². The molecule has 1 N–H and O–H groups in total. The number of rotatable bonds is 2. The number of thiazole rings is 1. The predicted molar refractivity (Wildman–Crippen MR) is 61.0 cm³/mol. The summed E-state index contributed by atoms with van der Waals surface area (Å²) in [6.07, 6.45) is 1.76. The maximum Gasteiger partial charge on any atom is 0.277 e. The maximum atomic E-state index is 11.7. The molecule has 0 aliphatic carbocycles. The highest BCUT2D eigenvalue weighted by Gasteiger charge is 2.13. The fraction of sp³-hybridized carbons (Fsp3) is 0.125. The average Bonchev–Trinajstić information content (AvgIpc) is 2.75.